The van der Waals surface area contributed by atoms with Gasteiger partial charge in [-0.3, -0.25) is 19.8 Å². The molecule has 0 saturated carbocycles. The van der Waals surface area contributed by atoms with Crippen molar-refractivity contribution < 1.29 is 47.0 Å². The van der Waals surface area contributed by atoms with E-state index in [2.05, 4.69) is 20.5 Å². The highest BCUT2D eigenvalue weighted by molar-refractivity contribution is 7.88. The van der Waals surface area contributed by atoms with Crippen molar-refractivity contribution in [3.8, 4) is 0 Å². The standard InChI is InChI=1S/C38H59N7O10S/c1-24(2)18-28-19-29(8-9-31(28)35(48)49)39-33(46)32-20-30(42-14-16-44(17-15-42)56(7,52)53)21-45(32)34(47)27-10-12-43(13-11-27)36(40-37(50)54-22-25(3)4)41-38(51)55-23-26(5)6/h8-9,19,24-27,30,32H,10-18,20-23H2,1-7H3,(H,39,46)(H,48,49)(H,40,41,50,51)/t30-,32-/m0/s1. The van der Waals surface area contributed by atoms with Gasteiger partial charge in [-0.1, -0.05) is 41.5 Å². The fraction of sp³-hybridized carbons (Fsp3) is 0.684. The topological polar surface area (TPSA) is 208 Å². The van der Waals surface area contributed by atoms with E-state index < -0.39 is 46.0 Å². The Balaban J connectivity index is 1.52. The number of benzene rings is 1. The van der Waals surface area contributed by atoms with Crippen LogP contribution >= 0.6 is 0 Å². The number of hydrogen-bond acceptors (Lipinski definition) is 10. The Morgan fingerprint density at radius 2 is 1.52 bits per heavy atom. The number of alkyl carbamates (subject to hydrolysis) is 1. The third kappa shape index (κ3) is 12.6. The number of guanidine groups is 1. The number of carbonyl (C=O) groups is 5. The smallest absolute Gasteiger partial charge is 0.436 e. The lowest BCUT2D eigenvalue weighted by atomic mass is 9.95. The zero-order valence-corrected chi connectivity index (χ0v) is 34.5. The Kier molecular flexibility index (Phi) is 15.6. The molecule has 4 amide bonds. The molecular formula is C38H59N7O10S. The van der Waals surface area contributed by atoms with Crippen LogP contribution < -0.4 is 10.6 Å². The van der Waals surface area contributed by atoms with Gasteiger partial charge in [0.05, 0.1) is 25.0 Å². The largest absolute Gasteiger partial charge is 0.478 e. The highest BCUT2D eigenvalue weighted by Gasteiger charge is 2.45. The van der Waals surface area contributed by atoms with Crippen molar-refractivity contribution in [1.82, 2.24) is 24.3 Å². The highest BCUT2D eigenvalue weighted by atomic mass is 32.2. The second kappa shape index (κ2) is 19.7. The number of carboxylic acid groups (broad SMARTS) is 1. The van der Waals surface area contributed by atoms with Gasteiger partial charge in [0.1, 0.15) is 6.04 Å². The normalized spacial score (nSPS) is 20.4. The van der Waals surface area contributed by atoms with Crippen LogP contribution in [0.2, 0.25) is 0 Å². The third-order valence-corrected chi connectivity index (χ3v) is 11.3. The number of aliphatic imine (C=N–C) groups is 1. The van der Waals surface area contributed by atoms with Gasteiger partial charge in [0.2, 0.25) is 27.8 Å². The van der Waals surface area contributed by atoms with Crippen LogP contribution in [0.25, 0.3) is 0 Å². The molecule has 18 heteroatoms. The number of hydrogen-bond donors (Lipinski definition) is 3. The van der Waals surface area contributed by atoms with E-state index in [1.165, 1.54) is 16.6 Å². The maximum Gasteiger partial charge on any atom is 0.436 e. The minimum absolute atomic E-state index is 0.0316. The molecule has 4 rings (SSSR count). The molecule has 2 atom stereocenters. The number of rotatable bonds is 12. The van der Waals surface area contributed by atoms with Crippen molar-refractivity contribution >= 4 is 51.6 Å². The number of sulfonamides is 1. The highest BCUT2D eigenvalue weighted by Crippen LogP contribution is 2.30. The lowest BCUT2D eigenvalue weighted by Gasteiger charge is -2.37. The van der Waals surface area contributed by atoms with Gasteiger partial charge in [-0.25, -0.2) is 22.8 Å². The second-order valence-electron chi connectivity index (χ2n) is 16.1. The summed E-state index contributed by atoms with van der Waals surface area (Å²) in [7, 11) is -3.35. The minimum Gasteiger partial charge on any atom is -0.478 e. The number of piperazine rings is 1. The van der Waals surface area contributed by atoms with Crippen LogP contribution in [-0.2, 0) is 35.5 Å². The van der Waals surface area contributed by atoms with Crippen molar-refractivity contribution in [3.63, 3.8) is 0 Å². The van der Waals surface area contributed by atoms with E-state index in [0.29, 0.717) is 63.1 Å². The summed E-state index contributed by atoms with van der Waals surface area (Å²) in [5.41, 5.74) is 1.19. The molecule has 1 aromatic carbocycles. The van der Waals surface area contributed by atoms with E-state index in [9.17, 15) is 37.5 Å². The first kappa shape index (κ1) is 44.4. The predicted molar refractivity (Wildman–Crippen MR) is 210 cm³/mol. The van der Waals surface area contributed by atoms with Gasteiger partial charge in [0.25, 0.3) is 0 Å². The lowest BCUT2D eigenvalue weighted by Crippen LogP contribution is -2.53. The van der Waals surface area contributed by atoms with Crippen LogP contribution in [0, 0.1) is 23.7 Å². The van der Waals surface area contributed by atoms with E-state index in [0.717, 1.165) is 0 Å². The average Bonchev–Trinajstić information content (AvgIpc) is 3.58. The van der Waals surface area contributed by atoms with Crippen molar-refractivity contribution in [2.24, 2.45) is 28.7 Å². The van der Waals surface area contributed by atoms with Gasteiger partial charge in [-0.15, -0.1) is 4.99 Å². The first-order chi connectivity index (χ1) is 26.3. The number of nitrogens with one attached hydrogen (secondary N) is 2. The monoisotopic (exact) mass is 805 g/mol. The Morgan fingerprint density at radius 1 is 0.893 bits per heavy atom. The molecule has 0 radical (unpaired) electrons. The van der Waals surface area contributed by atoms with Gasteiger partial charge in [-0.05, 0) is 67.2 Å². The number of carbonyl (C=O) groups excluding carboxylic acids is 4. The Bertz CT molecular complexity index is 1720. The quantitative estimate of drug-likeness (QED) is 0.206. The summed E-state index contributed by atoms with van der Waals surface area (Å²) in [4.78, 5) is 75.0. The van der Waals surface area contributed by atoms with E-state index in [1.54, 1.807) is 21.9 Å². The van der Waals surface area contributed by atoms with Crippen LogP contribution in [0.4, 0.5) is 15.3 Å². The number of aromatic carboxylic acids is 1. The first-order valence-corrected chi connectivity index (χ1v) is 21.3. The summed E-state index contributed by atoms with van der Waals surface area (Å²) < 4.78 is 36.3. The van der Waals surface area contributed by atoms with Gasteiger partial charge in [0, 0.05) is 63.5 Å². The van der Waals surface area contributed by atoms with Crippen molar-refractivity contribution in [2.75, 3.05) is 70.6 Å². The Labute approximate surface area is 330 Å². The molecule has 312 valence electrons. The zero-order chi connectivity index (χ0) is 41.3. The summed E-state index contributed by atoms with van der Waals surface area (Å²) in [5.74, 6) is -1.82. The number of likely N-dealkylation sites (tertiary alicyclic amines) is 2. The molecule has 3 fully saturated rings. The number of anilines is 1. The third-order valence-electron chi connectivity index (χ3n) is 10.00. The molecule has 3 saturated heterocycles. The van der Waals surface area contributed by atoms with E-state index >= 15 is 0 Å². The average molecular weight is 806 g/mol. The molecule has 3 aliphatic rings. The fourth-order valence-electron chi connectivity index (χ4n) is 7.16. The zero-order valence-electron chi connectivity index (χ0n) is 33.7. The fourth-order valence-corrected chi connectivity index (χ4v) is 7.99. The van der Waals surface area contributed by atoms with Crippen LogP contribution in [-0.4, -0.2) is 146 Å². The summed E-state index contributed by atoms with van der Waals surface area (Å²) in [6, 6.07) is 3.67. The Morgan fingerprint density at radius 3 is 2.09 bits per heavy atom. The van der Waals surface area contributed by atoms with Crippen LogP contribution in [0.5, 0.6) is 0 Å². The molecule has 0 aromatic heterocycles. The molecule has 1 aromatic rings. The van der Waals surface area contributed by atoms with Crippen molar-refractivity contribution in [1.29, 1.82) is 0 Å². The summed E-state index contributed by atoms with van der Waals surface area (Å²) in [5, 5.41) is 15.2. The Hall–Kier alpha value is -4.29. The van der Waals surface area contributed by atoms with Crippen LogP contribution in [0.1, 0.15) is 76.7 Å². The van der Waals surface area contributed by atoms with E-state index in [-0.39, 0.29) is 74.1 Å². The number of nitrogens with zero attached hydrogens (tertiary/aromatic N) is 5. The van der Waals surface area contributed by atoms with Crippen molar-refractivity contribution in [3.05, 3.63) is 29.3 Å². The number of amides is 4. The number of ether oxygens (including phenoxy) is 2. The molecule has 3 aliphatic heterocycles. The molecule has 3 N–H and O–H groups in total. The summed E-state index contributed by atoms with van der Waals surface area (Å²) in [6.45, 7) is 14.2. The summed E-state index contributed by atoms with van der Waals surface area (Å²) in [6.07, 6.45) is 1.08. The van der Waals surface area contributed by atoms with Gasteiger partial charge < -0.3 is 29.7 Å². The lowest BCUT2D eigenvalue weighted by molar-refractivity contribution is -0.141. The van der Waals surface area contributed by atoms with Crippen LogP contribution in [0.15, 0.2) is 23.2 Å². The van der Waals surface area contributed by atoms with E-state index in [1.807, 2.05) is 41.5 Å². The molecular weight excluding hydrogens is 747 g/mol. The number of piperidine rings is 1. The maximum absolute atomic E-state index is 14.4. The molecule has 17 nitrogen and oxygen atoms in total. The second-order valence-corrected chi connectivity index (χ2v) is 18.1. The molecule has 3 heterocycles. The molecule has 0 aliphatic carbocycles. The number of carboxylic acids is 1. The minimum atomic E-state index is -3.35. The predicted octanol–water partition coefficient (Wildman–Crippen LogP) is 3.31. The summed E-state index contributed by atoms with van der Waals surface area (Å²) >= 11 is 0. The van der Waals surface area contributed by atoms with Crippen molar-refractivity contribution in [2.45, 2.75) is 79.3 Å². The van der Waals surface area contributed by atoms with Gasteiger partial charge >= 0.3 is 18.2 Å². The van der Waals surface area contributed by atoms with Gasteiger partial charge in [0.15, 0.2) is 0 Å². The maximum atomic E-state index is 14.4. The molecule has 0 spiro atoms. The van der Waals surface area contributed by atoms with Crippen LogP contribution in [0.3, 0.4) is 0 Å². The van der Waals surface area contributed by atoms with Gasteiger partial charge in [-0.2, -0.15) is 4.31 Å². The molecule has 0 bridgehead atoms. The molecule has 56 heavy (non-hydrogen) atoms. The SMILES string of the molecule is CC(C)COC(=O)N=C(NC(=O)OCC(C)C)N1CCC(C(=O)N2C[C@@H](N3CCN(S(C)(=O)=O)CC3)C[C@H]2C(=O)Nc2ccc(C(=O)O)c(CC(C)C)c2)CC1. The first-order valence-electron chi connectivity index (χ1n) is 19.4. The molecule has 0 unspecified atom stereocenters. The van der Waals surface area contributed by atoms with E-state index in [4.69, 9.17) is 9.47 Å².